The van der Waals surface area contributed by atoms with Crippen LogP contribution in [0.3, 0.4) is 0 Å². The van der Waals surface area contributed by atoms with E-state index in [0.717, 1.165) is 5.56 Å². The normalized spacial score (nSPS) is 12.0. The standard InChI is InChI=1S/C22H23NO4/c1-5-20(27-16-11-10-14(2)15(3)12-16)21(24)23-13-18(22(25)26-4)17-8-6-7-9-19(17)23/h6-13,20H,5H2,1-4H3/t20-/m0/s1. The second kappa shape index (κ2) is 7.66. The van der Waals surface area contributed by atoms with Gasteiger partial charge in [0.15, 0.2) is 6.10 Å². The van der Waals surface area contributed by atoms with Gasteiger partial charge in [0.2, 0.25) is 0 Å². The molecule has 140 valence electrons. The zero-order valence-electron chi connectivity index (χ0n) is 16.0. The lowest BCUT2D eigenvalue weighted by atomic mass is 10.1. The molecule has 0 bridgehead atoms. The van der Waals surface area contributed by atoms with Crippen LogP contribution in [0.25, 0.3) is 10.9 Å². The SMILES string of the molecule is CC[C@H](Oc1ccc(C)c(C)c1)C(=O)n1cc(C(=O)OC)c2ccccc21. The van der Waals surface area contributed by atoms with Crippen LogP contribution in [0.15, 0.2) is 48.7 Å². The Morgan fingerprint density at radius 1 is 1.07 bits per heavy atom. The molecule has 0 aliphatic rings. The highest BCUT2D eigenvalue weighted by atomic mass is 16.5. The Bertz CT molecular complexity index is 1000. The molecule has 0 aliphatic carbocycles. The van der Waals surface area contributed by atoms with Gasteiger partial charge in [-0.15, -0.1) is 0 Å². The summed E-state index contributed by atoms with van der Waals surface area (Å²) in [5.74, 6) is -0.0362. The summed E-state index contributed by atoms with van der Waals surface area (Å²) < 4.78 is 12.3. The van der Waals surface area contributed by atoms with Crippen LogP contribution in [0.5, 0.6) is 5.75 Å². The van der Waals surface area contributed by atoms with Gasteiger partial charge in [-0.1, -0.05) is 31.2 Å². The summed E-state index contributed by atoms with van der Waals surface area (Å²) in [5, 5.41) is 0.679. The first-order chi connectivity index (χ1) is 13.0. The molecule has 1 atom stereocenters. The fourth-order valence-corrected chi connectivity index (χ4v) is 3.05. The molecule has 0 spiro atoms. The van der Waals surface area contributed by atoms with Crippen molar-refractivity contribution in [1.82, 2.24) is 4.57 Å². The maximum Gasteiger partial charge on any atom is 0.340 e. The van der Waals surface area contributed by atoms with Crippen LogP contribution in [0.4, 0.5) is 0 Å². The predicted molar refractivity (Wildman–Crippen MR) is 105 cm³/mol. The molecule has 27 heavy (non-hydrogen) atoms. The van der Waals surface area contributed by atoms with Crippen molar-refractivity contribution >= 4 is 22.8 Å². The number of esters is 1. The number of benzene rings is 2. The van der Waals surface area contributed by atoms with E-state index in [0.29, 0.717) is 28.6 Å². The molecule has 0 unspecified atom stereocenters. The van der Waals surface area contributed by atoms with E-state index in [-0.39, 0.29) is 5.91 Å². The molecule has 0 radical (unpaired) electrons. The van der Waals surface area contributed by atoms with Gasteiger partial charge in [-0.3, -0.25) is 9.36 Å². The van der Waals surface area contributed by atoms with Crippen LogP contribution >= 0.6 is 0 Å². The number of aryl methyl sites for hydroxylation is 2. The van der Waals surface area contributed by atoms with Crippen LogP contribution in [0.1, 0.15) is 39.6 Å². The first kappa shape index (κ1) is 18.7. The van der Waals surface area contributed by atoms with Crippen LogP contribution in [0, 0.1) is 13.8 Å². The average molecular weight is 365 g/mol. The van der Waals surface area contributed by atoms with Gasteiger partial charge in [0.05, 0.1) is 18.2 Å². The Labute approximate surface area is 158 Å². The van der Waals surface area contributed by atoms with E-state index in [1.165, 1.54) is 23.4 Å². The van der Waals surface area contributed by atoms with Crippen molar-refractivity contribution in [3.8, 4) is 5.75 Å². The lowest BCUT2D eigenvalue weighted by Gasteiger charge is -2.18. The van der Waals surface area contributed by atoms with Gasteiger partial charge in [0, 0.05) is 11.6 Å². The molecule has 5 nitrogen and oxygen atoms in total. The van der Waals surface area contributed by atoms with Gasteiger partial charge in [0.1, 0.15) is 5.75 Å². The predicted octanol–water partition coefficient (Wildman–Crippen LogP) is 4.54. The maximum absolute atomic E-state index is 13.2. The number of hydrogen-bond acceptors (Lipinski definition) is 4. The number of carbonyl (C=O) groups excluding carboxylic acids is 2. The molecule has 0 N–H and O–H groups in total. The first-order valence-corrected chi connectivity index (χ1v) is 8.92. The van der Waals surface area contributed by atoms with Crippen molar-refractivity contribution in [3.63, 3.8) is 0 Å². The van der Waals surface area contributed by atoms with Crippen LogP contribution in [-0.4, -0.2) is 29.7 Å². The molecule has 0 aliphatic heterocycles. The number of hydrogen-bond donors (Lipinski definition) is 0. The Balaban J connectivity index is 1.98. The van der Waals surface area contributed by atoms with E-state index in [1.54, 1.807) is 6.07 Å². The summed E-state index contributed by atoms with van der Waals surface area (Å²) in [6, 6.07) is 13.0. The van der Waals surface area contributed by atoms with Crippen LogP contribution < -0.4 is 4.74 Å². The van der Waals surface area contributed by atoms with Crippen molar-refractivity contribution in [2.75, 3.05) is 7.11 Å². The third kappa shape index (κ3) is 3.58. The van der Waals surface area contributed by atoms with Gasteiger partial charge in [-0.05, 0) is 49.6 Å². The smallest absolute Gasteiger partial charge is 0.340 e. The number of carbonyl (C=O) groups is 2. The highest BCUT2D eigenvalue weighted by Gasteiger charge is 2.25. The second-order valence-corrected chi connectivity index (χ2v) is 6.52. The minimum Gasteiger partial charge on any atom is -0.481 e. The largest absolute Gasteiger partial charge is 0.481 e. The Hall–Kier alpha value is -3.08. The highest BCUT2D eigenvalue weighted by Crippen LogP contribution is 2.24. The minimum atomic E-state index is -0.659. The zero-order valence-corrected chi connectivity index (χ0v) is 16.0. The fourth-order valence-electron chi connectivity index (χ4n) is 3.05. The summed E-state index contributed by atoms with van der Waals surface area (Å²) in [5.41, 5.74) is 3.29. The number of ether oxygens (including phenoxy) is 2. The molecule has 2 aromatic carbocycles. The summed E-state index contributed by atoms with van der Waals surface area (Å²) >= 11 is 0. The van der Waals surface area contributed by atoms with Crippen molar-refractivity contribution in [2.45, 2.75) is 33.3 Å². The number of methoxy groups -OCH3 is 1. The van der Waals surface area contributed by atoms with E-state index >= 15 is 0 Å². The van der Waals surface area contributed by atoms with E-state index in [2.05, 4.69) is 0 Å². The average Bonchev–Trinajstić information content (AvgIpc) is 3.07. The minimum absolute atomic E-state index is 0.220. The molecule has 5 heteroatoms. The molecule has 0 saturated carbocycles. The van der Waals surface area contributed by atoms with E-state index in [1.807, 2.05) is 57.2 Å². The first-order valence-electron chi connectivity index (χ1n) is 8.92. The topological polar surface area (TPSA) is 57.5 Å². The Kier molecular flexibility index (Phi) is 5.31. The third-order valence-corrected chi connectivity index (χ3v) is 4.76. The van der Waals surface area contributed by atoms with Crippen molar-refractivity contribution < 1.29 is 19.1 Å². The quantitative estimate of drug-likeness (QED) is 0.623. The monoisotopic (exact) mass is 365 g/mol. The lowest BCUT2D eigenvalue weighted by molar-refractivity contribution is 0.0602. The van der Waals surface area contributed by atoms with Crippen molar-refractivity contribution in [2.24, 2.45) is 0 Å². The van der Waals surface area contributed by atoms with E-state index in [4.69, 9.17) is 9.47 Å². The molecule has 3 rings (SSSR count). The summed E-state index contributed by atoms with van der Waals surface area (Å²) in [4.78, 5) is 25.2. The Morgan fingerprint density at radius 2 is 1.81 bits per heavy atom. The zero-order chi connectivity index (χ0) is 19.6. The van der Waals surface area contributed by atoms with E-state index < -0.39 is 12.1 Å². The van der Waals surface area contributed by atoms with E-state index in [9.17, 15) is 9.59 Å². The lowest BCUT2D eigenvalue weighted by Crippen LogP contribution is -2.31. The van der Waals surface area contributed by atoms with Gasteiger partial charge >= 0.3 is 5.97 Å². The molecule has 0 saturated heterocycles. The van der Waals surface area contributed by atoms with Crippen LogP contribution in [-0.2, 0) is 4.74 Å². The van der Waals surface area contributed by atoms with Crippen molar-refractivity contribution in [3.05, 3.63) is 65.4 Å². The molecule has 3 aromatic rings. The fraction of sp³-hybridized carbons (Fsp3) is 0.273. The molecule has 1 aromatic heterocycles. The summed E-state index contributed by atoms with van der Waals surface area (Å²) in [6.07, 6.45) is 1.38. The molecular formula is C22H23NO4. The maximum atomic E-state index is 13.2. The molecular weight excluding hydrogens is 342 g/mol. The van der Waals surface area contributed by atoms with Gasteiger partial charge in [0.25, 0.3) is 5.91 Å². The van der Waals surface area contributed by atoms with Gasteiger partial charge in [-0.25, -0.2) is 4.79 Å². The number of fused-ring (bicyclic) bond motifs is 1. The second-order valence-electron chi connectivity index (χ2n) is 6.52. The highest BCUT2D eigenvalue weighted by molar-refractivity contribution is 6.07. The number of para-hydroxylation sites is 1. The third-order valence-electron chi connectivity index (χ3n) is 4.76. The molecule has 1 heterocycles. The molecule has 0 amide bonds. The number of aromatic nitrogens is 1. The Morgan fingerprint density at radius 3 is 2.48 bits per heavy atom. The molecule has 0 fully saturated rings. The summed E-state index contributed by atoms with van der Waals surface area (Å²) in [6.45, 7) is 5.94. The van der Waals surface area contributed by atoms with Crippen molar-refractivity contribution in [1.29, 1.82) is 0 Å². The van der Waals surface area contributed by atoms with Gasteiger partial charge in [-0.2, -0.15) is 0 Å². The van der Waals surface area contributed by atoms with Crippen LogP contribution in [0.2, 0.25) is 0 Å². The summed E-state index contributed by atoms with van der Waals surface area (Å²) in [7, 11) is 1.33. The number of rotatable bonds is 5. The van der Waals surface area contributed by atoms with Gasteiger partial charge < -0.3 is 9.47 Å². The number of nitrogens with zero attached hydrogens (tertiary/aromatic N) is 1.